The first-order chi connectivity index (χ1) is 6.77. The fraction of sp³-hybridized carbons (Fsp3) is 0.400. The Morgan fingerprint density at radius 2 is 2.00 bits per heavy atom. The highest BCUT2D eigenvalue weighted by Crippen LogP contribution is 1.73. The summed E-state index contributed by atoms with van der Waals surface area (Å²) >= 11 is 0. The largest absolute Gasteiger partial charge is 0.480 e. The van der Waals surface area contributed by atoms with E-state index < -0.39 is 5.97 Å². The molecule has 78 valence electrons. The van der Waals surface area contributed by atoms with Crippen LogP contribution in [0, 0.1) is 0 Å². The third-order valence-corrected chi connectivity index (χ3v) is 1.27. The lowest BCUT2D eigenvalue weighted by Gasteiger charge is -1.94. The van der Waals surface area contributed by atoms with Crippen LogP contribution in [-0.2, 0) is 4.79 Å². The minimum atomic E-state index is -0.793. The molecule has 4 nitrogen and oxygen atoms in total. The van der Waals surface area contributed by atoms with Gasteiger partial charge in [-0.2, -0.15) is 0 Å². The van der Waals surface area contributed by atoms with E-state index in [9.17, 15) is 4.79 Å². The molecule has 0 aromatic carbocycles. The average Bonchev–Trinajstić information content (AvgIpc) is 2.21. The molecule has 0 atom stereocenters. The minimum absolute atomic E-state index is 0.0772. The number of rotatable bonds is 4. The summed E-state index contributed by atoms with van der Waals surface area (Å²) in [6.07, 6.45) is 4.48. The molecule has 1 heterocycles. The van der Waals surface area contributed by atoms with Crippen molar-refractivity contribution in [1.82, 2.24) is 10.3 Å². The molecule has 14 heavy (non-hydrogen) atoms. The van der Waals surface area contributed by atoms with Crippen LogP contribution >= 0.6 is 0 Å². The van der Waals surface area contributed by atoms with Crippen LogP contribution < -0.4 is 5.32 Å². The van der Waals surface area contributed by atoms with Crippen LogP contribution in [0.1, 0.15) is 13.3 Å². The third-order valence-electron chi connectivity index (χ3n) is 1.27. The van der Waals surface area contributed by atoms with Crippen molar-refractivity contribution in [2.45, 2.75) is 13.3 Å². The predicted octanol–water partition coefficient (Wildman–Crippen LogP) is 1.15. The topological polar surface area (TPSA) is 62.2 Å². The predicted molar refractivity (Wildman–Crippen MR) is 55.0 cm³/mol. The molecule has 0 fully saturated rings. The Morgan fingerprint density at radius 3 is 2.29 bits per heavy atom. The van der Waals surface area contributed by atoms with Gasteiger partial charge in [-0.25, -0.2) is 0 Å². The molecule has 0 aliphatic carbocycles. The smallest absolute Gasteiger partial charge is 0.317 e. The summed E-state index contributed by atoms with van der Waals surface area (Å²) in [4.78, 5) is 13.6. The number of hydrogen-bond acceptors (Lipinski definition) is 3. The van der Waals surface area contributed by atoms with Gasteiger partial charge in [0.15, 0.2) is 0 Å². The van der Waals surface area contributed by atoms with Gasteiger partial charge < -0.3 is 10.4 Å². The quantitative estimate of drug-likeness (QED) is 0.709. The zero-order valence-electron chi connectivity index (χ0n) is 8.31. The molecule has 1 rings (SSSR count). The average molecular weight is 196 g/mol. The molecule has 0 amide bonds. The van der Waals surface area contributed by atoms with Gasteiger partial charge in [0.2, 0.25) is 0 Å². The van der Waals surface area contributed by atoms with Crippen LogP contribution in [0.4, 0.5) is 0 Å². The van der Waals surface area contributed by atoms with E-state index in [1.165, 1.54) is 0 Å². The van der Waals surface area contributed by atoms with Crippen molar-refractivity contribution in [3.8, 4) is 0 Å². The number of aliphatic carboxylic acids is 1. The van der Waals surface area contributed by atoms with Crippen LogP contribution in [0.25, 0.3) is 0 Å². The minimum Gasteiger partial charge on any atom is -0.480 e. The van der Waals surface area contributed by atoms with Crippen LogP contribution in [0.5, 0.6) is 0 Å². The molecular formula is C10H16N2O2. The van der Waals surface area contributed by atoms with Gasteiger partial charge in [0.25, 0.3) is 0 Å². The van der Waals surface area contributed by atoms with Crippen molar-refractivity contribution >= 4 is 5.97 Å². The maximum atomic E-state index is 9.81. The Morgan fingerprint density at radius 1 is 1.36 bits per heavy atom. The molecular weight excluding hydrogens is 180 g/mol. The highest BCUT2D eigenvalue weighted by Gasteiger charge is 1.90. The number of carboxylic acid groups (broad SMARTS) is 1. The van der Waals surface area contributed by atoms with Gasteiger partial charge in [0.1, 0.15) is 0 Å². The number of carbonyl (C=O) groups is 1. The molecule has 0 saturated heterocycles. The summed E-state index contributed by atoms with van der Waals surface area (Å²) in [6, 6.07) is 5.72. The van der Waals surface area contributed by atoms with E-state index in [0.717, 1.165) is 13.0 Å². The van der Waals surface area contributed by atoms with Crippen molar-refractivity contribution in [2.75, 3.05) is 13.1 Å². The Kier molecular flexibility index (Phi) is 8.69. The molecule has 0 spiro atoms. The maximum absolute atomic E-state index is 9.81. The molecule has 0 radical (unpaired) electrons. The Labute approximate surface area is 84.0 Å². The lowest BCUT2D eigenvalue weighted by molar-refractivity contribution is -0.135. The molecule has 0 aliphatic heterocycles. The highest BCUT2D eigenvalue weighted by atomic mass is 16.4. The first-order valence-electron chi connectivity index (χ1n) is 4.55. The Hall–Kier alpha value is -1.42. The van der Waals surface area contributed by atoms with Gasteiger partial charge in [0, 0.05) is 12.4 Å². The van der Waals surface area contributed by atoms with E-state index in [0.29, 0.717) is 0 Å². The van der Waals surface area contributed by atoms with Gasteiger partial charge in [-0.1, -0.05) is 13.0 Å². The molecule has 2 N–H and O–H groups in total. The van der Waals surface area contributed by atoms with Gasteiger partial charge in [-0.15, -0.1) is 0 Å². The summed E-state index contributed by atoms with van der Waals surface area (Å²) < 4.78 is 0. The van der Waals surface area contributed by atoms with E-state index in [2.05, 4.69) is 10.3 Å². The van der Waals surface area contributed by atoms with E-state index >= 15 is 0 Å². The van der Waals surface area contributed by atoms with Crippen molar-refractivity contribution in [3.05, 3.63) is 30.6 Å². The lowest BCUT2D eigenvalue weighted by atomic mass is 10.5. The van der Waals surface area contributed by atoms with Crippen LogP contribution in [0.2, 0.25) is 0 Å². The molecule has 1 aromatic heterocycles. The zero-order chi connectivity index (χ0) is 10.6. The summed E-state index contributed by atoms with van der Waals surface area (Å²) in [6.45, 7) is 2.86. The number of pyridine rings is 1. The number of carboxylic acids is 1. The second-order valence-electron chi connectivity index (χ2n) is 2.60. The highest BCUT2D eigenvalue weighted by molar-refractivity contribution is 5.68. The normalized spacial score (nSPS) is 8.64. The first-order valence-corrected chi connectivity index (χ1v) is 4.55. The fourth-order valence-electron chi connectivity index (χ4n) is 0.685. The van der Waals surface area contributed by atoms with E-state index in [4.69, 9.17) is 5.11 Å². The number of nitrogens with one attached hydrogen (secondary N) is 1. The van der Waals surface area contributed by atoms with Crippen LogP contribution in [0.15, 0.2) is 30.6 Å². The van der Waals surface area contributed by atoms with Crippen molar-refractivity contribution < 1.29 is 9.90 Å². The first kappa shape index (κ1) is 12.6. The summed E-state index contributed by atoms with van der Waals surface area (Å²) in [7, 11) is 0. The molecule has 4 heteroatoms. The summed E-state index contributed by atoms with van der Waals surface area (Å²) in [5, 5.41) is 10.8. The van der Waals surface area contributed by atoms with E-state index in [1.807, 2.05) is 25.1 Å². The Balaban J connectivity index is 0.000000249. The summed E-state index contributed by atoms with van der Waals surface area (Å²) in [5.74, 6) is -0.793. The SMILES string of the molecule is CCCNCC(=O)O.c1ccncc1. The van der Waals surface area contributed by atoms with Crippen molar-refractivity contribution in [2.24, 2.45) is 0 Å². The molecule has 0 aliphatic rings. The van der Waals surface area contributed by atoms with Crippen molar-refractivity contribution in [3.63, 3.8) is 0 Å². The maximum Gasteiger partial charge on any atom is 0.317 e. The number of aromatic nitrogens is 1. The van der Waals surface area contributed by atoms with Gasteiger partial charge in [-0.05, 0) is 25.1 Å². The van der Waals surface area contributed by atoms with Crippen LogP contribution in [0.3, 0.4) is 0 Å². The zero-order valence-corrected chi connectivity index (χ0v) is 8.31. The fourth-order valence-corrected chi connectivity index (χ4v) is 0.685. The monoisotopic (exact) mass is 196 g/mol. The van der Waals surface area contributed by atoms with Gasteiger partial charge in [-0.3, -0.25) is 9.78 Å². The summed E-state index contributed by atoms with van der Waals surface area (Å²) in [5.41, 5.74) is 0. The second-order valence-corrected chi connectivity index (χ2v) is 2.60. The molecule has 1 aromatic rings. The van der Waals surface area contributed by atoms with E-state index in [1.54, 1.807) is 12.4 Å². The van der Waals surface area contributed by atoms with Gasteiger partial charge in [0.05, 0.1) is 6.54 Å². The number of hydrogen-bond donors (Lipinski definition) is 2. The molecule has 0 saturated carbocycles. The number of nitrogens with zero attached hydrogens (tertiary/aromatic N) is 1. The lowest BCUT2D eigenvalue weighted by Crippen LogP contribution is -2.22. The van der Waals surface area contributed by atoms with Gasteiger partial charge >= 0.3 is 5.97 Å². The van der Waals surface area contributed by atoms with Crippen LogP contribution in [-0.4, -0.2) is 29.1 Å². The van der Waals surface area contributed by atoms with E-state index in [-0.39, 0.29) is 6.54 Å². The standard InChI is InChI=1S/C5H11NO2.C5H5N/c1-2-3-6-4-5(7)8;1-2-4-6-5-3-1/h6H,2-4H2,1H3,(H,7,8);1-5H. The molecule has 0 bridgehead atoms. The molecule has 0 unspecified atom stereocenters. The third kappa shape index (κ3) is 10.6. The Bertz CT molecular complexity index is 200. The van der Waals surface area contributed by atoms with Crippen molar-refractivity contribution in [1.29, 1.82) is 0 Å². The second kappa shape index (κ2) is 9.67.